The Hall–Kier alpha value is -0.970. The first-order chi connectivity index (χ1) is 49.9. The Morgan fingerprint density at radius 3 is 0.549 bits per heavy atom. The minimum Gasteiger partial charge on any atom is -0.392 e. The maximum Gasteiger partial charge on any atom is 0.207 e. The predicted molar refractivity (Wildman–Crippen MR) is 443 cm³/mol. The number of carbonyl (C=O) groups is 1. The molecule has 0 aromatic heterocycles. The van der Waals surface area contributed by atoms with Crippen molar-refractivity contribution in [1.29, 1.82) is 0 Å². The number of carbonyl (C=O) groups excluding carboxylic acids is 1. The van der Waals surface area contributed by atoms with Crippen molar-refractivity contribution in [3.05, 3.63) is 0 Å². The van der Waals surface area contributed by atoms with Crippen LogP contribution in [-0.2, 0) is 4.79 Å². The van der Waals surface area contributed by atoms with Crippen molar-refractivity contribution < 1.29 is 35.4 Å². The summed E-state index contributed by atoms with van der Waals surface area (Å²) >= 11 is 0. The van der Waals surface area contributed by atoms with Gasteiger partial charge in [-0.2, -0.15) is 0 Å². The van der Waals surface area contributed by atoms with Gasteiger partial charge in [-0.3, -0.25) is 19.5 Å². The summed E-state index contributed by atoms with van der Waals surface area (Å²) in [6, 6.07) is 0. The second-order valence-electron chi connectivity index (χ2n) is 32.7. The quantitative estimate of drug-likeness (QED) is 0.0228. The van der Waals surface area contributed by atoms with E-state index in [0.717, 1.165) is 181 Å². The van der Waals surface area contributed by atoms with Crippen molar-refractivity contribution in [2.75, 3.05) is 105 Å². The molecular formula is C89H184N6O7. The van der Waals surface area contributed by atoms with E-state index < -0.39 is 24.4 Å². The minimum absolute atomic E-state index is 0.389. The fourth-order valence-corrected chi connectivity index (χ4v) is 15.5. The first kappa shape index (κ1) is 101. The SMILES string of the molecule is CCCCCCCCCCC(O)CN(CCCN(CCCCN(CCCN(CC(O)CCCCCCCCCC)CC(O)CCCCCCCCCC)CCCN(CC(O)CCCCCCCCCC)CC(O)CCCCCCCCCC)CCCNC=O)CC(O)CCCCCCCCCC. The second kappa shape index (κ2) is 81.0. The van der Waals surface area contributed by atoms with Crippen LogP contribution < -0.4 is 5.32 Å². The Bertz CT molecular complexity index is 1460. The number of rotatable bonds is 88. The van der Waals surface area contributed by atoms with Gasteiger partial charge in [-0.05, 0) is 136 Å². The molecule has 0 fully saturated rings. The van der Waals surface area contributed by atoms with E-state index in [4.69, 9.17) is 0 Å². The Morgan fingerprint density at radius 1 is 0.206 bits per heavy atom. The molecule has 6 unspecified atom stereocenters. The van der Waals surface area contributed by atoms with Crippen LogP contribution in [0.1, 0.15) is 427 Å². The number of hydrogen-bond acceptors (Lipinski definition) is 12. The molecule has 0 aliphatic carbocycles. The van der Waals surface area contributed by atoms with Crippen LogP contribution in [-0.4, -0.2) is 203 Å². The van der Waals surface area contributed by atoms with Crippen LogP contribution in [0.15, 0.2) is 0 Å². The molecule has 0 heterocycles. The number of aliphatic hydroxyl groups excluding tert-OH is 6. The molecule has 13 nitrogen and oxygen atoms in total. The average molecular weight is 1450 g/mol. The largest absolute Gasteiger partial charge is 0.392 e. The highest BCUT2D eigenvalue weighted by molar-refractivity contribution is 5.45. The molecule has 0 aromatic rings. The fourth-order valence-electron chi connectivity index (χ4n) is 15.5. The van der Waals surface area contributed by atoms with E-state index in [1.54, 1.807) is 0 Å². The van der Waals surface area contributed by atoms with Crippen LogP contribution in [0.25, 0.3) is 0 Å². The zero-order valence-electron chi connectivity index (χ0n) is 69.6. The number of nitrogens with one attached hydrogen (secondary N) is 1. The summed E-state index contributed by atoms with van der Waals surface area (Å²) in [5, 5.41) is 72.2. The summed E-state index contributed by atoms with van der Waals surface area (Å²) in [6.45, 7) is 26.2. The van der Waals surface area contributed by atoms with Gasteiger partial charge in [-0.25, -0.2) is 0 Å². The van der Waals surface area contributed by atoms with E-state index in [1.807, 2.05) is 0 Å². The van der Waals surface area contributed by atoms with Crippen LogP contribution in [0.3, 0.4) is 0 Å². The summed E-state index contributed by atoms with van der Waals surface area (Å²) in [4.78, 5) is 23.8. The van der Waals surface area contributed by atoms with Gasteiger partial charge in [0.05, 0.1) is 36.6 Å². The monoisotopic (exact) mass is 1450 g/mol. The van der Waals surface area contributed by atoms with Crippen LogP contribution in [0.4, 0.5) is 0 Å². The zero-order chi connectivity index (χ0) is 74.5. The molecule has 612 valence electrons. The number of nitrogens with zero attached hydrogens (tertiary/aromatic N) is 5. The lowest BCUT2D eigenvalue weighted by Gasteiger charge is -2.31. The standard InChI is InChI=1S/C89H184N6O7/c1-7-13-19-25-31-37-43-49-61-84(97)77-93(78-85(98)62-50-44-38-32-26-20-14-8-2)74-58-71-91(70-57-67-90-83-96)68-55-56-69-92(72-59-75-94(79-86(99)63-51-45-39-33-27-21-15-9-3)80-87(100)64-52-46-40-34-28-22-16-10-4)73-60-76-95(81-88(101)65-53-47-41-35-29-23-17-11-5)82-89(102)66-54-48-42-36-30-24-18-12-6/h83-89,97-102H,7-82H2,1-6H3,(H,90,96). The minimum atomic E-state index is -0.396. The van der Waals surface area contributed by atoms with Crippen molar-refractivity contribution in [3.8, 4) is 0 Å². The number of amides is 1. The lowest BCUT2D eigenvalue weighted by atomic mass is 10.0. The molecule has 0 aliphatic heterocycles. The van der Waals surface area contributed by atoms with Crippen molar-refractivity contribution in [2.24, 2.45) is 0 Å². The van der Waals surface area contributed by atoms with E-state index in [0.29, 0.717) is 45.8 Å². The van der Waals surface area contributed by atoms with E-state index >= 15 is 0 Å². The van der Waals surface area contributed by atoms with Gasteiger partial charge >= 0.3 is 0 Å². The molecular weight excluding hydrogens is 1270 g/mol. The van der Waals surface area contributed by atoms with Crippen molar-refractivity contribution in [3.63, 3.8) is 0 Å². The van der Waals surface area contributed by atoms with Crippen LogP contribution >= 0.6 is 0 Å². The molecule has 0 aliphatic rings. The predicted octanol–water partition coefficient (Wildman–Crippen LogP) is 20.9. The van der Waals surface area contributed by atoms with Gasteiger partial charge in [0.25, 0.3) is 0 Å². The highest BCUT2D eigenvalue weighted by Gasteiger charge is 2.21. The Labute approximate surface area is 636 Å². The lowest BCUT2D eigenvalue weighted by molar-refractivity contribution is -0.109. The van der Waals surface area contributed by atoms with E-state index in [-0.39, 0.29) is 12.2 Å². The molecule has 0 radical (unpaired) electrons. The first-order valence-corrected chi connectivity index (χ1v) is 45.8. The van der Waals surface area contributed by atoms with Gasteiger partial charge in [0.2, 0.25) is 6.41 Å². The van der Waals surface area contributed by atoms with Crippen LogP contribution in [0.5, 0.6) is 0 Å². The second-order valence-corrected chi connectivity index (χ2v) is 32.7. The highest BCUT2D eigenvalue weighted by Crippen LogP contribution is 2.20. The molecule has 0 saturated carbocycles. The normalized spacial score (nSPS) is 14.0. The molecule has 0 saturated heterocycles. The van der Waals surface area contributed by atoms with Crippen molar-refractivity contribution >= 4 is 6.41 Å². The lowest BCUT2D eigenvalue weighted by Crippen LogP contribution is -2.41. The number of hydrogen-bond donors (Lipinski definition) is 7. The molecule has 0 bridgehead atoms. The number of aliphatic hydroxyl groups is 6. The van der Waals surface area contributed by atoms with Gasteiger partial charge in [0.1, 0.15) is 0 Å². The van der Waals surface area contributed by atoms with E-state index in [2.05, 4.69) is 71.4 Å². The zero-order valence-corrected chi connectivity index (χ0v) is 69.6. The average Bonchev–Trinajstić information content (AvgIpc) is 1.04. The van der Waals surface area contributed by atoms with Gasteiger partial charge in [0.15, 0.2) is 0 Å². The third-order valence-corrected chi connectivity index (χ3v) is 22.1. The van der Waals surface area contributed by atoms with Gasteiger partial charge < -0.3 is 45.8 Å². The molecule has 7 N–H and O–H groups in total. The summed E-state index contributed by atoms with van der Waals surface area (Å²) in [5.74, 6) is 0. The smallest absolute Gasteiger partial charge is 0.207 e. The van der Waals surface area contributed by atoms with Crippen LogP contribution in [0, 0.1) is 0 Å². The van der Waals surface area contributed by atoms with Gasteiger partial charge in [-0.1, -0.05) is 350 Å². The fraction of sp³-hybridized carbons (Fsp3) is 0.989. The first-order valence-electron chi connectivity index (χ1n) is 45.8. The highest BCUT2D eigenvalue weighted by atomic mass is 16.3. The topological polar surface area (TPSA) is 167 Å². The van der Waals surface area contributed by atoms with Gasteiger partial charge in [-0.15, -0.1) is 0 Å². The Morgan fingerprint density at radius 2 is 0.363 bits per heavy atom. The molecule has 102 heavy (non-hydrogen) atoms. The molecule has 0 spiro atoms. The Balaban J connectivity index is 6.58. The molecule has 6 atom stereocenters. The molecule has 0 rings (SSSR count). The van der Waals surface area contributed by atoms with E-state index in [9.17, 15) is 35.4 Å². The Kier molecular flexibility index (Phi) is 80.3. The maximum absolute atomic E-state index is 11.6. The van der Waals surface area contributed by atoms with Crippen LogP contribution in [0.2, 0.25) is 0 Å². The maximum atomic E-state index is 11.6. The summed E-state index contributed by atoms with van der Waals surface area (Å²) in [6.07, 6.45) is 69.4. The van der Waals surface area contributed by atoms with Crippen molar-refractivity contribution in [1.82, 2.24) is 29.8 Å². The summed E-state index contributed by atoms with van der Waals surface area (Å²) in [7, 11) is 0. The molecule has 13 heteroatoms. The summed E-state index contributed by atoms with van der Waals surface area (Å²) < 4.78 is 0. The number of unbranched alkanes of at least 4 members (excludes halogenated alkanes) is 43. The van der Waals surface area contributed by atoms with E-state index in [1.165, 1.54) is 270 Å². The summed E-state index contributed by atoms with van der Waals surface area (Å²) in [5.41, 5.74) is 0. The molecule has 1 amide bonds. The van der Waals surface area contributed by atoms with Gasteiger partial charge in [0, 0.05) is 45.8 Å². The third-order valence-electron chi connectivity index (χ3n) is 22.1. The van der Waals surface area contributed by atoms with Crippen molar-refractivity contribution in [2.45, 2.75) is 463 Å². The third kappa shape index (κ3) is 73.2. The molecule has 0 aromatic carbocycles.